The van der Waals surface area contributed by atoms with Gasteiger partial charge in [-0.3, -0.25) is 0 Å². The third-order valence-electron chi connectivity index (χ3n) is 3.35. The van der Waals surface area contributed by atoms with Crippen molar-refractivity contribution in [2.45, 2.75) is 12.8 Å². The first-order valence-corrected chi connectivity index (χ1v) is 6.55. The minimum Gasteiger partial charge on any atom is -0.345 e. The predicted octanol–water partition coefficient (Wildman–Crippen LogP) is 2.65. The molecule has 0 spiro atoms. The summed E-state index contributed by atoms with van der Waals surface area (Å²) in [5.41, 5.74) is 11.6. The van der Waals surface area contributed by atoms with E-state index in [1.54, 1.807) is 6.33 Å². The Kier molecular flexibility index (Phi) is 3.29. The molecule has 3 heteroatoms. The minimum atomic E-state index is 0.704. The summed E-state index contributed by atoms with van der Waals surface area (Å²) in [5, 5.41) is 0. The first-order valence-electron chi connectivity index (χ1n) is 6.55. The molecule has 0 fully saturated rings. The van der Waals surface area contributed by atoms with Crippen LogP contribution in [0.15, 0.2) is 48.8 Å². The van der Waals surface area contributed by atoms with Gasteiger partial charge < -0.3 is 10.7 Å². The second-order valence-electron chi connectivity index (χ2n) is 4.79. The van der Waals surface area contributed by atoms with Crippen molar-refractivity contribution >= 4 is 11.0 Å². The number of H-pyrrole nitrogens is 1. The summed E-state index contributed by atoms with van der Waals surface area (Å²) in [6.45, 7) is 0.704. The monoisotopic (exact) mass is 251 g/mol. The summed E-state index contributed by atoms with van der Waals surface area (Å²) in [5.74, 6) is 0. The van der Waals surface area contributed by atoms with E-state index in [1.165, 1.54) is 16.7 Å². The van der Waals surface area contributed by atoms with Crippen molar-refractivity contribution in [3.63, 3.8) is 0 Å². The fourth-order valence-electron chi connectivity index (χ4n) is 2.32. The van der Waals surface area contributed by atoms with E-state index >= 15 is 0 Å². The Bertz CT molecular complexity index is 668. The molecular formula is C16H17N3. The zero-order valence-corrected chi connectivity index (χ0v) is 10.8. The Labute approximate surface area is 112 Å². The van der Waals surface area contributed by atoms with Gasteiger partial charge in [-0.25, -0.2) is 4.98 Å². The average Bonchev–Trinajstić information content (AvgIpc) is 2.89. The molecule has 0 bridgehead atoms. The minimum absolute atomic E-state index is 0.704. The number of fused-ring (bicyclic) bond motifs is 1. The van der Waals surface area contributed by atoms with Gasteiger partial charge in [0.1, 0.15) is 0 Å². The molecule has 1 aromatic heterocycles. The van der Waals surface area contributed by atoms with Gasteiger partial charge in [0.05, 0.1) is 17.4 Å². The lowest BCUT2D eigenvalue weighted by atomic mass is 10.0. The zero-order chi connectivity index (χ0) is 13.1. The highest BCUT2D eigenvalue weighted by atomic mass is 14.9. The Morgan fingerprint density at radius 2 is 1.68 bits per heavy atom. The fraction of sp³-hybridized carbons (Fsp3) is 0.188. The van der Waals surface area contributed by atoms with E-state index in [0.717, 1.165) is 23.9 Å². The van der Waals surface area contributed by atoms with Crippen LogP contribution >= 0.6 is 0 Å². The molecule has 0 aliphatic carbocycles. The number of imidazole rings is 1. The summed E-state index contributed by atoms with van der Waals surface area (Å²) < 4.78 is 0. The molecule has 96 valence electrons. The molecule has 3 rings (SSSR count). The lowest BCUT2D eigenvalue weighted by Crippen LogP contribution is -2.02. The van der Waals surface area contributed by atoms with E-state index < -0.39 is 0 Å². The molecule has 0 amide bonds. The highest BCUT2D eigenvalue weighted by Gasteiger charge is 2.00. The molecule has 0 radical (unpaired) electrons. The molecule has 0 saturated heterocycles. The van der Waals surface area contributed by atoms with Gasteiger partial charge in [-0.05, 0) is 48.2 Å². The number of nitrogens with two attached hydrogens (primary N) is 1. The quantitative estimate of drug-likeness (QED) is 0.749. The van der Waals surface area contributed by atoms with Gasteiger partial charge >= 0.3 is 0 Å². The summed E-state index contributed by atoms with van der Waals surface area (Å²) in [7, 11) is 0. The van der Waals surface area contributed by atoms with Crippen LogP contribution in [-0.2, 0) is 12.8 Å². The van der Waals surface area contributed by atoms with Gasteiger partial charge in [-0.2, -0.15) is 0 Å². The molecule has 3 nitrogen and oxygen atoms in total. The largest absolute Gasteiger partial charge is 0.345 e. The standard InChI is InChI=1S/C16H17N3/c17-8-7-12-1-3-13(4-2-12)9-14-5-6-15-16(10-14)19-11-18-15/h1-6,10-11H,7-9,17H2,(H,18,19). The number of nitrogens with zero attached hydrogens (tertiary/aromatic N) is 1. The van der Waals surface area contributed by atoms with Gasteiger partial charge in [0.25, 0.3) is 0 Å². The second kappa shape index (κ2) is 5.24. The normalized spacial score (nSPS) is 11.0. The number of hydrogen-bond donors (Lipinski definition) is 2. The van der Waals surface area contributed by atoms with Crippen LogP contribution in [0.3, 0.4) is 0 Å². The van der Waals surface area contributed by atoms with E-state index in [-0.39, 0.29) is 0 Å². The number of rotatable bonds is 4. The molecule has 0 unspecified atom stereocenters. The molecule has 0 saturated carbocycles. The SMILES string of the molecule is NCCc1ccc(Cc2ccc3nc[nH]c3c2)cc1. The average molecular weight is 251 g/mol. The molecule has 3 N–H and O–H groups in total. The number of hydrogen-bond acceptors (Lipinski definition) is 2. The first kappa shape index (κ1) is 11.9. The highest BCUT2D eigenvalue weighted by Crippen LogP contribution is 2.15. The first-order chi connectivity index (χ1) is 9.35. The predicted molar refractivity (Wildman–Crippen MR) is 78.1 cm³/mol. The van der Waals surface area contributed by atoms with E-state index in [9.17, 15) is 0 Å². The van der Waals surface area contributed by atoms with E-state index in [4.69, 9.17) is 5.73 Å². The molecule has 2 aromatic carbocycles. The van der Waals surface area contributed by atoms with Crippen LogP contribution in [0.2, 0.25) is 0 Å². The summed E-state index contributed by atoms with van der Waals surface area (Å²) in [4.78, 5) is 7.38. The third-order valence-corrected chi connectivity index (χ3v) is 3.35. The molecule has 1 heterocycles. The fourth-order valence-corrected chi connectivity index (χ4v) is 2.32. The van der Waals surface area contributed by atoms with Crippen LogP contribution in [0, 0.1) is 0 Å². The Morgan fingerprint density at radius 3 is 2.47 bits per heavy atom. The van der Waals surface area contributed by atoms with Gasteiger partial charge in [-0.1, -0.05) is 30.3 Å². The van der Waals surface area contributed by atoms with Crippen molar-refractivity contribution in [2.75, 3.05) is 6.54 Å². The summed E-state index contributed by atoms with van der Waals surface area (Å²) in [6.07, 6.45) is 3.62. The van der Waals surface area contributed by atoms with E-state index in [2.05, 4.69) is 52.4 Å². The third kappa shape index (κ3) is 2.66. The number of aromatic amines is 1. The molecule has 0 aliphatic rings. The molecule has 19 heavy (non-hydrogen) atoms. The van der Waals surface area contributed by atoms with Crippen molar-refractivity contribution in [2.24, 2.45) is 5.73 Å². The maximum absolute atomic E-state index is 5.56. The Hall–Kier alpha value is -2.13. The zero-order valence-electron chi connectivity index (χ0n) is 10.8. The van der Waals surface area contributed by atoms with Crippen molar-refractivity contribution in [1.82, 2.24) is 9.97 Å². The summed E-state index contributed by atoms with van der Waals surface area (Å²) >= 11 is 0. The summed E-state index contributed by atoms with van der Waals surface area (Å²) in [6, 6.07) is 15.1. The van der Waals surface area contributed by atoms with Crippen molar-refractivity contribution in [3.05, 3.63) is 65.5 Å². The van der Waals surface area contributed by atoms with Crippen molar-refractivity contribution < 1.29 is 0 Å². The highest BCUT2D eigenvalue weighted by molar-refractivity contribution is 5.75. The number of nitrogens with one attached hydrogen (secondary N) is 1. The van der Waals surface area contributed by atoms with Crippen molar-refractivity contribution in [3.8, 4) is 0 Å². The smallest absolute Gasteiger partial charge is 0.0931 e. The lowest BCUT2D eigenvalue weighted by Gasteiger charge is -2.04. The molecule has 0 aliphatic heterocycles. The molecule has 0 atom stereocenters. The molecule has 3 aromatic rings. The topological polar surface area (TPSA) is 54.7 Å². The lowest BCUT2D eigenvalue weighted by molar-refractivity contribution is 0.966. The number of aromatic nitrogens is 2. The molecular weight excluding hydrogens is 234 g/mol. The van der Waals surface area contributed by atoms with Gasteiger partial charge in [0.2, 0.25) is 0 Å². The van der Waals surface area contributed by atoms with Gasteiger partial charge in [0, 0.05) is 0 Å². The van der Waals surface area contributed by atoms with Crippen molar-refractivity contribution in [1.29, 1.82) is 0 Å². The number of benzene rings is 2. The van der Waals surface area contributed by atoms with Gasteiger partial charge in [0.15, 0.2) is 0 Å². The van der Waals surface area contributed by atoms with Crippen LogP contribution in [0.4, 0.5) is 0 Å². The van der Waals surface area contributed by atoms with Crippen LogP contribution in [0.5, 0.6) is 0 Å². The van der Waals surface area contributed by atoms with Crippen LogP contribution in [-0.4, -0.2) is 16.5 Å². The maximum Gasteiger partial charge on any atom is 0.0931 e. The van der Waals surface area contributed by atoms with Gasteiger partial charge in [-0.15, -0.1) is 0 Å². The van der Waals surface area contributed by atoms with E-state index in [1.807, 2.05) is 0 Å². The maximum atomic E-state index is 5.56. The van der Waals surface area contributed by atoms with E-state index in [0.29, 0.717) is 6.54 Å². The Balaban J connectivity index is 1.79. The van der Waals surface area contributed by atoms with Crippen LogP contribution < -0.4 is 5.73 Å². The Morgan fingerprint density at radius 1 is 0.947 bits per heavy atom. The van der Waals surface area contributed by atoms with Crippen LogP contribution in [0.1, 0.15) is 16.7 Å². The second-order valence-corrected chi connectivity index (χ2v) is 4.79. The van der Waals surface area contributed by atoms with Crippen LogP contribution in [0.25, 0.3) is 11.0 Å².